The van der Waals surface area contributed by atoms with Crippen LogP contribution in [0.15, 0.2) is 60.2 Å². The van der Waals surface area contributed by atoms with Gasteiger partial charge in [0.2, 0.25) is 0 Å². The second-order valence-corrected chi connectivity index (χ2v) is 7.05. The molecule has 5 nitrogen and oxygen atoms in total. The molecule has 130 valence electrons. The molecule has 1 amide bonds. The molecule has 3 heterocycles. The van der Waals surface area contributed by atoms with Crippen molar-refractivity contribution in [2.45, 2.75) is 6.54 Å². The number of thiophene rings is 1. The van der Waals surface area contributed by atoms with Crippen LogP contribution in [0.25, 0.3) is 11.0 Å². The van der Waals surface area contributed by atoms with Crippen LogP contribution in [0.2, 0.25) is 5.02 Å². The molecule has 0 spiro atoms. The van der Waals surface area contributed by atoms with Gasteiger partial charge in [0.25, 0.3) is 5.91 Å². The molecular formula is C19H15ClN4OS. The lowest BCUT2D eigenvalue weighted by atomic mass is 10.2. The fourth-order valence-corrected chi connectivity index (χ4v) is 3.69. The summed E-state index contributed by atoms with van der Waals surface area (Å²) in [7, 11) is 0. The number of hydrogen-bond acceptors (Lipinski definition) is 4. The first kappa shape index (κ1) is 16.6. The summed E-state index contributed by atoms with van der Waals surface area (Å²) in [6.07, 6.45) is 3.57. The lowest BCUT2D eigenvalue weighted by Gasteiger charge is -2.09. The van der Waals surface area contributed by atoms with Crippen LogP contribution in [-0.4, -0.2) is 15.9 Å². The zero-order valence-corrected chi connectivity index (χ0v) is 15.2. The molecule has 4 aromatic rings. The number of halogens is 1. The third kappa shape index (κ3) is 3.42. The predicted molar refractivity (Wildman–Crippen MR) is 106 cm³/mol. The Labute approximate surface area is 159 Å². The summed E-state index contributed by atoms with van der Waals surface area (Å²) in [6.45, 7) is 0.425. The highest BCUT2D eigenvalue weighted by molar-refractivity contribution is 7.12. The molecular weight excluding hydrogens is 368 g/mol. The van der Waals surface area contributed by atoms with Gasteiger partial charge < -0.3 is 15.6 Å². The molecule has 0 atom stereocenters. The maximum Gasteiger partial charge on any atom is 0.263 e. The molecule has 0 fully saturated rings. The number of carbonyl (C=O) groups is 1. The zero-order chi connectivity index (χ0) is 17.9. The molecule has 0 bridgehead atoms. The van der Waals surface area contributed by atoms with Gasteiger partial charge in [0.15, 0.2) is 0 Å². The number of fused-ring (bicyclic) bond motifs is 1. The standard InChI is InChI=1S/C19H15ClN4OS/c20-13-3-1-2-12(10-13)11-23-19(25)17-16(6-9-26-17)24-15-5-8-22-18-14(15)4-7-21-18/h1-10H,11H2,(H,23,25)(H2,21,22,24). The summed E-state index contributed by atoms with van der Waals surface area (Å²) >= 11 is 7.38. The van der Waals surface area contributed by atoms with Crippen LogP contribution in [0.5, 0.6) is 0 Å². The Morgan fingerprint density at radius 1 is 1.19 bits per heavy atom. The summed E-state index contributed by atoms with van der Waals surface area (Å²) in [5, 5.41) is 9.81. The van der Waals surface area contributed by atoms with Crippen molar-refractivity contribution in [3.05, 3.63) is 75.7 Å². The topological polar surface area (TPSA) is 69.8 Å². The second kappa shape index (κ2) is 7.19. The first-order valence-electron chi connectivity index (χ1n) is 8.00. The Morgan fingerprint density at radius 3 is 3.00 bits per heavy atom. The first-order valence-corrected chi connectivity index (χ1v) is 9.26. The molecule has 0 saturated carbocycles. The number of aromatic amines is 1. The molecule has 0 aliphatic carbocycles. The predicted octanol–water partition coefficient (Wildman–Crippen LogP) is 4.95. The van der Waals surface area contributed by atoms with Crippen molar-refractivity contribution >= 4 is 51.3 Å². The van der Waals surface area contributed by atoms with E-state index < -0.39 is 0 Å². The van der Waals surface area contributed by atoms with Crippen molar-refractivity contribution < 1.29 is 4.79 Å². The number of nitrogens with zero attached hydrogens (tertiary/aromatic N) is 1. The highest BCUT2D eigenvalue weighted by Crippen LogP contribution is 2.29. The number of hydrogen-bond donors (Lipinski definition) is 3. The largest absolute Gasteiger partial charge is 0.354 e. The zero-order valence-electron chi connectivity index (χ0n) is 13.6. The smallest absolute Gasteiger partial charge is 0.263 e. The van der Waals surface area contributed by atoms with E-state index in [1.165, 1.54) is 11.3 Å². The molecule has 0 aliphatic heterocycles. The van der Waals surface area contributed by atoms with Crippen molar-refractivity contribution in [3.8, 4) is 0 Å². The van der Waals surface area contributed by atoms with Crippen LogP contribution >= 0.6 is 22.9 Å². The average Bonchev–Trinajstić information content (AvgIpc) is 3.29. The number of pyridine rings is 1. The summed E-state index contributed by atoms with van der Waals surface area (Å²) in [4.78, 5) is 20.6. The summed E-state index contributed by atoms with van der Waals surface area (Å²) in [5.41, 5.74) is 3.43. The number of benzene rings is 1. The first-order chi connectivity index (χ1) is 12.7. The Balaban J connectivity index is 1.51. The van der Waals surface area contributed by atoms with Crippen molar-refractivity contribution in [1.29, 1.82) is 0 Å². The van der Waals surface area contributed by atoms with Crippen molar-refractivity contribution in [2.24, 2.45) is 0 Å². The number of H-pyrrole nitrogens is 1. The molecule has 0 aliphatic rings. The van der Waals surface area contributed by atoms with E-state index in [4.69, 9.17) is 11.6 Å². The maximum atomic E-state index is 12.6. The Kier molecular flexibility index (Phi) is 4.60. The van der Waals surface area contributed by atoms with Crippen molar-refractivity contribution in [2.75, 3.05) is 5.32 Å². The van der Waals surface area contributed by atoms with Crippen LogP contribution in [0.4, 0.5) is 11.4 Å². The molecule has 0 radical (unpaired) electrons. The van der Waals surface area contributed by atoms with E-state index >= 15 is 0 Å². The van der Waals surface area contributed by atoms with Crippen LogP contribution in [-0.2, 0) is 6.54 Å². The Bertz CT molecular complexity index is 1070. The fourth-order valence-electron chi connectivity index (χ4n) is 2.71. The van der Waals surface area contributed by atoms with Crippen LogP contribution in [0.3, 0.4) is 0 Å². The monoisotopic (exact) mass is 382 g/mol. The van der Waals surface area contributed by atoms with E-state index in [2.05, 4.69) is 20.6 Å². The third-order valence-electron chi connectivity index (χ3n) is 3.94. The number of aromatic nitrogens is 2. The SMILES string of the molecule is O=C(NCc1cccc(Cl)c1)c1sccc1Nc1ccnc2[nH]ccc12. The van der Waals surface area contributed by atoms with E-state index in [1.54, 1.807) is 6.20 Å². The van der Waals surface area contributed by atoms with E-state index in [0.29, 0.717) is 16.4 Å². The highest BCUT2D eigenvalue weighted by Gasteiger charge is 2.14. The number of anilines is 2. The van der Waals surface area contributed by atoms with Gasteiger partial charge in [0.1, 0.15) is 10.5 Å². The minimum atomic E-state index is -0.123. The summed E-state index contributed by atoms with van der Waals surface area (Å²) in [6, 6.07) is 13.2. The Hall–Kier alpha value is -2.83. The van der Waals surface area contributed by atoms with Crippen LogP contribution in [0, 0.1) is 0 Å². The minimum absolute atomic E-state index is 0.123. The van der Waals surface area contributed by atoms with Gasteiger partial charge in [0.05, 0.1) is 11.4 Å². The third-order valence-corrected chi connectivity index (χ3v) is 5.09. The van der Waals surface area contributed by atoms with Gasteiger partial charge in [0, 0.05) is 29.3 Å². The molecule has 26 heavy (non-hydrogen) atoms. The van der Waals surface area contributed by atoms with Gasteiger partial charge in [-0.15, -0.1) is 11.3 Å². The number of carbonyl (C=O) groups excluding carboxylic acids is 1. The van der Waals surface area contributed by atoms with Crippen LogP contribution < -0.4 is 10.6 Å². The lowest BCUT2D eigenvalue weighted by Crippen LogP contribution is -2.22. The molecule has 3 N–H and O–H groups in total. The summed E-state index contributed by atoms with van der Waals surface area (Å²) < 4.78 is 0. The van der Waals surface area contributed by atoms with Gasteiger partial charge in [-0.25, -0.2) is 4.98 Å². The molecule has 1 aromatic carbocycles. The maximum absolute atomic E-state index is 12.6. The van der Waals surface area contributed by atoms with E-state index in [0.717, 1.165) is 28.0 Å². The van der Waals surface area contributed by atoms with Gasteiger partial charge in [-0.1, -0.05) is 23.7 Å². The molecule has 0 unspecified atom stereocenters. The number of nitrogens with one attached hydrogen (secondary N) is 3. The lowest BCUT2D eigenvalue weighted by molar-refractivity contribution is 0.0955. The van der Waals surface area contributed by atoms with Crippen molar-refractivity contribution in [3.63, 3.8) is 0 Å². The van der Waals surface area contributed by atoms with Crippen LogP contribution in [0.1, 0.15) is 15.2 Å². The quantitative estimate of drug-likeness (QED) is 0.457. The highest BCUT2D eigenvalue weighted by atomic mass is 35.5. The van der Waals surface area contributed by atoms with Crippen molar-refractivity contribution in [1.82, 2.24) is 15.3 Å². The molecule has 3 aromatic heterocycles. The van der Waals surface area contributed by atoms with E-state index in [-0.39, 0.29) is 5.91 Å². The van der Waals surface area contributed by atoms with Gasteiger partial charge in [-0.2, -0.15) is 0 Å². The number of amides is 1. The van der Waals surface area contributed by atoms with Gasteiger partial charge in [-0.3, -0.25) is 4.79 Å². The minimum Gasteiger partial charge on any atom is -0.354 e. The van der Waals surface area contributed by atoms with Gasteiger partial charge in [-0.05, 0) is 41.3 Å². The van der Waals surface area contributed by atoms with E-state index in [1.807, 2.05) is 54.0 Å². The normalized spacial score (nSPS) is 10.8. The Morgan fingerprint density at radius 2 is 2.12 bits per heavy atom. The average molecular weight is 383 g/mol. The molecule has 7 heteroatoms. The fraction of sp³-hybridized carbons (Fsp3) is 0.0526. The molecule has 4 rings (SSSR count). The number of rotatable bonds is 5. The van der Waals surface area contributed by atoms with Gasteiger partial charge >= 0.3 is 0 Å². The molecule has 0 saturated heterocycles. The summed E-state index contributed by atoms with van der Waals surface area (Å²) in [5.74, 6) is -0.123. The van der Waals surface area contributed by atoms with E-state index in [9.17, 15) is 4.79 Å². The second-order valence-electron chi connectivity index (χ2n) is 5.70.